The van der Waals surface area contributed by atoms with Crippen LogP contribution in [0.3, 0.4) is 0 Å². The van der Waals surface area contributed by atoms with Gasteiger partial charge in [-0.25, -0.2) is 0 Å². The molecule has 0 bridgehead atoms. The molecule has 0 radical (unpaired) electrons. The minimum absolute atomic E-state index is 0.560. The third-order valence-corrected chi connectivity index (χ3v) is 8.97. The van der Waals surface area contributed by atoms with E-state index in [0.29, 0.717) is 12.2 Å². The predicted octanol–water partition coefficient (Wildman–Crippen LogP) is 4.54. The second-order valence-electron chi connectivity index (χ2n) is 6.66. The van der Waals surface area contributed by atoms with E-state index >= 15 is 0 Å². The summed E-state index contributed by atoms with van der Waals surface area (Å²) < 4.78 is 25.3. The van der Waals surface area contributed by atoms with Gasteiger partial charge in [0.15, 0.2) is 0 Å². The van der Waals surface area contributed by atoms with Gasteiger partial charge in [0.25, 0.3) is 0 Å². The van der Waals surface area contributed by atoms with E-state index in [4.69, 9.17) is 14.7 Å². The van der Waals surface area contributed by atoms with E-state index in [1.807, 2.05) is 0 Å². The average molecular weight is 350 g/mol. The van der Waals surface area contributed by atoms with Crippen LogP contribution in [0.1, 0.15) is 65.7 Å². The first-order chi connectivity index (χ1) is 10.7. The van der Waals surface area contributed by atoms with Crippen LogP contribution in [0.5, 0.6) is 0 Å². The zero-order valence-corrected chi connectivity index (χ0v) is 16.2. The molecule has 0 spiro atoms. The van der Waals surface area contributed by atoms with E-state index in [0.717, 1.165) is 49.7 Å². The second-order valence-corrected chi connectivity index (χ2v) is 10.9. The molecule has 1 saturated carbocycles. The van der Waals surface area contributed by atoms with Gasteiger partial charge in [-0.1, -0.05) is 0 Å². The quantitative estimate of drug-likeness (QED) is 0.383. The maximum atomic E-state index is 6.22. The zero-order valence-electron chi connectivity index (χ0n) is 14.6. The summed E-state index contributed by atoms with van der Waals surface area (Å²) in [6.45, 7) is 8.76. The van der Waals surface area contributed by atoms with Gasteiger partial charge in [0.2, 0.25) is 0 Å². The molecule has 0 aromatic carbocycles. The van der Waals surface area contributed by atoms with Crippen LogP contribution in [0.25, 0.3) is 0 Å². The standard InChI is InChI=1S/C8H13O.3C3H7O.Ti/c1-2-6-3-4-7-8(5-6)9-7;3*1-2-3-4;/h6-8H,1-5H2;3*2-3H2,1H3;/q;3*-1;+3. The van der Waals surface area contributed by atoms with E-state index < -0.39 is 17.8 Å². The third kappa shape index (κ3) is 5.88. The molecule has 0 amide bonds. The summed E-state index contributed by atoms with van der Waals surface area (Å²) in [7, 11) is 0. The predicted molar refractivity (Wildman–Crippen MR) is 84.2 cm³/mol. The monoisotopic (exact) mass is 350 g/mol. The summed E-state index contributed by atoms with van der Waals surface area (Å²) >= 11 is -3.07. The first-order valence-corrected chi connectivity index (χ1v) is 12.3. The van der Waals surface area contributed by atoms with E-state index in [2.05, 4.69) is 20.8 Å². The number of fused-ring (bicyclic) bond motifs is 1. The van der Waals surface area contributed by atoms with Crippen LogP contribution in [-0.4, -0.2) is 32.0 Å². The molecule has 0 N–H and O–H groups in total. The average Bonchev–Trinajstić information content (AvgIpc) is 3.32. The van der Waals surface area contributed by atoms with Crippen molar-refractivity contribution in [3.8, 4) is 0 Å². The molecule has 2 rings (SSSR count). The van der Waals surface area contributed by atoms with Crippen LogP contribution in [0.15, 0.2) is 0 Å². The molecule has 1 heterocycles. The Hall–Kier alpha value is 0.554. The summed E-state index contributed by atoms with van der Waals surface area (Å²) in [5.41, 5.74) is 0. The van der Waals surface area contributed by atoms with Crippen molar-refractivity contribution in [2.75, 3.05) is 19.8 Å². The summed E-state index contributed by atoms with van der Waals surface area (Å²) in [5.74, 6) is 0.773. The van der Waals surface area contributed by atoms with Crippen LogP contribution < -0.4 is 0 Å². The molecule has 4 nitrogen and oxygen atoms in total. The first kappa shape index (κ1) is 18.9. The number of hydrogen-bond donors (Lipinski definition) is 0. The number of epoxide rings is 1. The molecule has 130 valence electrons. The molecule has 1 aliphatic heterocycles. The molecule has 0 aromatic rings. The topological polar surface area (TPSA) is 40.2 Å². The molecule has 5 heteroatoms. The van der Waals surface area contributed by atoms with Gasteiger partial charge in [-0.2, -0.15) is 0 Å². The third-order valence-electron chi connectivity index (χ3n) is 4.55. The van der Waals surface area contributed by atoms with Crippen LogP contribution in [0, 0.1) is 5.92 Å². The fraction of sp³-hybridized carbons (Fsp3) is 1.00. The molecule has 3 atom stereocenters. The van der Waals surface area contributed by atoms with Crippen molar-refractivity contribution in [1.29, 1.82) is 0 Å². The van der Waals surface area contributed by atoms with Gasteiger partial charge in [0.1, 0.15) is 0 Å². The van der Waals surface area contributed by atoms with E-state index in [1.165, 1.54) is 25.7 Å². The van der Waals surface area contributed by atoms with Gasteiger partial charge >= 0.3 is 141 Å². The van der Waals surface area contributed by atoms with Crippen molar-refractivity contribution in [2.24, 2.45) is 5.92 Å². The molecular formula is C17H34O4Ti. The summed E-state index contributed by atoms with van der Waals surface area (Å²) in [4.78, 5) is 0. The summed E-state index contributed by atoms with van der Waals surface area (Å²) in [5, 5.41) is 0. The fourth-order valence-electron chi connectivity index (χ4n) is 3.24. The molecule has 1 aliphatic carbocycles. The molecule has 2 aliphatic rings. The molecule has 22 heavy (non-hydrogen) atoms. The zero-order chi connectivity index (χ0) is 15.8. The van der Waals surface area contributed by atoms with Crippen molar-refractivity contribution >= 4 is 0 Å². The Labute approximate surface area is 141 Å². The van der Waals surface area contributed by atoms with Gasteiger partial charge in [0, 0.05) is 0 Å². The molecule has 0 aromatic heterocycles. The number of ether oxygens (including phenoxy) is 1. The number of hydrogen-bond acceptors (Lipinski definition) is 4. The Bertz CT molecular complexity index is 291. The van der Waals surface area contributed by atoms with Crippen LogP contribution >= 0.6 is 0 Å². The van der Waals surface area contributed by atoms with E-state index in [9.17, 15) is 0 Å². The van der Waals surface area contributed by atoms with E-state index in [1.54, 1.807) is 0 Å². The van der Waals surface area contributed by atoms with Crippen molar-refractivity contribution in [1.82, 2.24) is 0 Å². The molecular weight excluding hydrogens is 316 g/mol. The Morgan fingerprint density at radius 2 is 1.45 bits per heavy atom. The Kier molecular flexibility index (Phi) is 8.37. The van der Waals surface area contributed by atoms with Gasteiger partial charge < -0.3 is 0 Å². The normalized spacial score (nSPS) is 27.7. The Balaban J connectivity index is 1.86. The van der Waals surface area contributed by atoms with Crippen LogP contribution in [0.4, 0.5) is 0 Å². The second kappa shape index (κ2) is 9.75. The Morgan fingerprint density at radius 3 is 1.95 bits per heavy atom. The Morgan fingerprint density at radius 1 is 0.864 bits per heavy atom. The van der Waals surface area contributed by atoms with Crippen LogP contribution in [-0.2, 0) is 32.4 Å². The van der Waals surface area contributed by atoms with Crippen molar-refractivity contribution in [3.63, 3.8) is 0 Å². The SMILES string of the molecule is CCC[O][Ti]([CH2]CC1CCC2OC2C1)([O]CCC)[O]CCC. The molecule has 1 saturated heterocycles. The molecule has 3 unspecified atom stereocenters. The summed E-state index contributed by atoms with van der Waals surface area (Å²) in [6.07, 6.45) is 9.20. The fourth-order valence-corrected chi connectivity index (χ4v) is 7.91. The van der Waals surface area contributed by atoms with Crippen LogP contribution in [0.2, 0.25) is 4.73 Å². The van der Waals surface area contributed by atoms with E-state index in [-0.39, 0.29) is 0 Å². The first-order valence-electron chi connectivity index (χ1n) is 9.30. The minimum atomic E-state index is -3.07. The van der Waals surface area contributed by atoms with Gasteiger partial charge in [-0.05, 0) is 0 Å². The van der Waals surface area contributed by atoms with Crippen molar-refractivity contribution < 1.29 is 32.4 Å². The molecule has 2 fully saturated rings. The van der Waals surface area contributed by atoms with Gasteiger partial charge in [-0.15, -0.1) is 0 Å². The number of rotatable bonds is 12. The van der Waals surface area contributed by atoms with Crippen molar-refractivity contribution in [2.45, 2.75) is 82.7 Å². The maximum absolute atomic E-state index is 6.22. The summed E-state index contributed by atoms with van der Waals surface area (Å²) in [6, 6.07) is 0. The van der Waals surface area contributed by atoms with Crippen molar-refractivity contribution in [3.05, 3.63) is 0 Å². The van der Waals surface area contributed by atoms with Gasteiger partial charge in [0.05, 0.1) is 0 Å². The van der Waals surface area contributed by atoms with Gasteiger partial charge in [-0.3, -0.25) is 0 Å².